The number of piperidine rings is 1. The number of likely N-dealkylation sites (tertiary alicyclic amines) is 1. The van der Waals surface area contributed by atoms with E-state index in [1.165, 1.54) is 0 Å². The van der Waals surface area contributed by atoms with Crippen LogP contribution in [0.3, 0.4) is 0 Å². The van der Waals surface area contributed by atoms with Crippen LogP contribution in [0.25, 0.3) is 0 Å². The fraction of sp³-hybridized carbons (Fsp3) is 0.412. The highest BCUT2D eigenvalue weighted by Crippen LogP contribution is 2.18. The van der Waals surface area contributed by atoms with Gasteiger partial charge in [0.05, 0.1) is 5.56 Å². The Kier molecular flexibility index (Phi) is 4.80. The molecule has 1 fully saturated rings. The molecular weight excluding hydrogens is 290 g/mol. The van der Waals surface area contributed by atoms with Crippen molar-refractivity contribution in [3.8, 4) is 0 Å². The molecule has 1 saturated heterocycles. The van der Waals surface area contributed by atoms with E-state index in [1.54, 1.807) is 24.8 Å². The Labute approximate surface area is 136 Å². The van der Waals surface area contributed by atoms with Crippen molar-refractivity contribution in [3.05, 3.63) is 48.0 Å². The van der Waals surface area contributed by atoms with Crippen LogP contribution in [0.15, 0.2) is 36.9 Å². The Hall–Kier alpha value is -2.50. The van der Waals surface area contributed by atoms with Crippen LogP contribution in [-0.4, -0.2) is 38.8 Å². The summed E-state index contributed by atoms with van der Waals surface area (Å²) in [5.74, 6) is 1.25. The average Bonchev–Trinajstić information content (AvgIpc) is 2.61. The van der Waals surface area contributed by atoms with Gasteiger partial charge in [0.2, 0.25) is 5.95 Å². The van der Waals surface area contributed by atoms with Gasteiger partial charge in [-0.2, -0.15) is 0 Å². The number of aromatic nitrogens is 3. The Morgan fingerprint density at radius 1 is 1.22 bits per heavy atom. The molecule has 0 unspecified atom stereocenters. The molecule has 0 radical (unpaired) electrons. The number of pyridine rings is 1. The number of amides is 1. The molecule has 3 heterocycles. The summed E-state index contributed by atoms with van der Waals surface area (Å²) in [5.41, 5.74) is 1.65. The molecule has 120 valence electrons. The third kappa shape index (κ3) is 4.03. The molecule has 2 aromatic heterocycles. The summed E-state index contributed by atoms with van der Waals surface area (Å²) in [6.45, 7) is 4.50. The second-order valence-electron chi connectivity index (χ2n) is 5.98. The van der Waals surface area contributed by atoms with Crippen molar-refractivity contribution in [1.29, 1.82) is 0 Å². The van der Waals surface area contributed by atoms with Crippen LogP contribution < -0.4 is 5.32 Å². The minimum atomic E-state index is 0.0255. The van der Waals surface area contributed by atoms with E-state index in [-0.39, 0.29) is 5.91 Å². The zero-order chi connectivity index (χ0) is 16.1. The first-order valence-electron chi connectivity index (χ1n) is 7.96. The summed E-state index contributed by atoms with van der Waals surface area (Å²) >= 11 is 0. The van der Waals surface area contributed by atoms with Crippen molar-refractivity contribution < 1.29 is 4.79 Å². The largest absolute Gasteiger partial charge is 0.350 e. The van der Waals surface area contributed by atoms with Crippen LogP contribution in [0.5, 0.6) is 0 Å². The normalized spacial score (nSPS) is 15.4. The van der Waals surface area contributed by atoms with Gasteiger partial charge in [-0.3, -0.25) is 9.78 Å². The topological polar surface area (TPSA) is 71.0 Å². The van der Waals surface area contributed by atoms with E-state index in [9.17, 15) is 4.79 Å². The standard InChI is InChI=1S/C17H21N5O/c1-13-4-8-22(9-5-13)16(23)15-11-20-17(21-12-15)19-10-14-2-6-18-7-3-14/h2-3,6-7,11-13H,4-5,8-10H2,1H3,(H,19,20,21). The molecule has 0 aromatic carbocycles. The van der Waals surface area contributed by atoms with Gasteiger partial charge in [0, 0.05) is 44.4 Å². The van der Waals surface area contributed by atoms with Crippen LogP contribution in [0.1, 0.15) is 35.7 Å². The molecular formula is C17H21N5O. The summed E-state index contributed by atoms with van der Waals surface area (Å²) in [5, 5.41) is 3.14. The summed E-state index contributed by atoms with van der Waals surface area (Å²) in [4.78, 5) is 26.8. The van der Waals surface area contributed by atoms with E-state index in [0.717, 1.165) is 31.5 Å². The van der Waals surface area contributed by atoms with E-state index in [1.807, 2.05) is 17.0 Å². The van der Waals surface area contributed by atoms with E-state index in [2.05, 4.69) is 27.2 Å². The zero-order valence-electron chi connectivity index (χ0n) is 13.3. The predicted molar refractivity (Wildman–Crippen MR) is 87.9 cm³/mol. The maximum absolute atomic E-state index is 12.4. The first-order valence-corrected chi connectivity index (χ1v) is 7.96. The van der Waals surface area contributed by atoms with Crippen LogP contribution >= 0.6 is 0 Å². The lowest BCUT2D eigenvalue weighted by atomic mass is 9.99. The summed E-state index contributed by atoms with van der Waals surface area (Å²) < 4.78 is 0. The lowest BCUT2D eigenvalue weighted by Crippen LogP contribution is -2.38. The van der Waals surface area contributed by atoms with E-state index in [0.29, 0.717) is 24.0 Å². The third-order valence-corrected chi connectivity index (χ3v) is 4.17. The Morgan fingerprint density at radius 3 is 2.52 bits per heavy atom. The summed E-state index contributed by atoms with van der Waals surface area (Å²) in [6.07, 6.45) is 8.83. The first kappa shape index (κ1) is 15.4. The number of carbonyl (C=O) groups excluding carboxylic acids is 1. The molecule has 6 heteroatoms. The molecule has 23 heavy (non-hydrogen) atoms. The lowest BCUT2D eigenvalue weighted by Gasteiger charge is -2.30. The van der Waals surface area contributed by atoms with E-state index in [4.69, 9.17) is 0 Å². The van der Waals surface area contributed by atoms with Gasteiger partial charge >= 0.3 is 0 Å². The number of anilines is 1. The van der Waals surface area contributed by atoms with Crippen LogP contribution in [0.4, 0.5) is 5.95 Å². The van der Waals surface area contributed by atoms with Crippen LogP contribution in [0, 0.1) is 5.92 Å². The van der Waals surface area contributed by atoms with Gasteiger partial charge in [0.25, 0.3) is 5.91 Å². The molecule has 2 aromatic rings. The quantitative estimate of drug-likeness (QED) is 0.938. The number of hydrogen-bond acceptors (Lipinski definition) is 5. The molecule has 1 aliphatic heterocycles. The van der Waals surface area contributed by atoms with Crippen molar-refractivity contribution in [2.75, 3.05) is 18.4 Å². The molecule has 3 rings (SSSR count). The van der Waals surface area contributed by atoms with Gasteiger partial charge < -0.3 is 10.2 Å². The molecule has 0 spiro atoms. The van der Waals surface area contributed by atoms with Gasteiger partial charge in [-0.15, -0.1) is 0 Å². The lowest BCUT2D eigenvalue weighted by molar-refractivity contribution is 0.0696. The van der Waals surface area contributed by atoms with Crippen molar-refractivity contribution in [2.24, 2.45) is 5.92 Å². The van der Waals surface area contributed by atoms with Gasteiger partial charge in [-0.05, 0) is 36.5 Å². The number of hydrogen-bond donors (Lipinski definition) is 1. The molecule has 1 amide bonds. The molecule has 0 aliphatic carbocycles. The number of nitrogens with zero attached hydrogens (tertiary/aromatic N) is 4. The van der Waals surface area contributed by atoms with E-state index < -0.39 is 0 Å². The summed E-state index contributed by atoms with van der Waals surface area (Å²) in [6, 6.07) is 3.87. The first-order chi connectivity index (χ1) is 11.2. The van der Waals surface area contributed by atoms with Gasteiger partial charge in [-0.1, -0.05) is 6.92 Å². The van der Waals surface area contributed by atoms with Crippen LogP contribution in [-0.2, 0) is 6.54 Å². The van der Waals surface area contributed by atoms with Gasteiger partial charge in [-0.25, -0.2) is 9.97 Å². The Balaban J connectivity index is 1.57. The number of rotatable bonds is 4. The molecule has 1 N–H and O–H groups in total. The minimum absolute atomic E-state index is 0.0255. The van der Waals surface area contributed by atoms with Crippen molar-refractivity contribution in [1.82, 2.24) is 19.9 Å². The maximum atomic E-state index is 12.4. The van der Waals surface area contributed by atoms with Gasteiger partial charge in [0.1, 0.15) is 0 Å². The second-order valence-corrected chi connectivity index (χ2v) is 5.98. The number of carbonyl (C=O) groups is 1. The highest BCUT2D eigenvalue weighted by Gasteiger charge is 2.21. The monoisotopic (exact) mass is 311 g/mol. The average molecular weight is 311 g/mol. The smallest absolute Gasteiger partial charge is 0.256 e. The van der Waals surface area contributed by atoms with Crippen molar-refractivity contribution >= 4 is 11.9 Å². The Morgan fingerprint density at radius 2 is 1.87 bits per heavy atom. The fourth-order valence-corrected chi connectivity index (χ4v) is 2.61. The minimum Gasteiger partial charge on any atom is -0.350 e. The maximum Gasteiger partial charge on any atom is 0.256 e. The molecule has 1 aliphatic rings. The SMILES string of the molecule is CC1CCN(C(=O)c2cnc(NCc3ccncc3)nc2)CC1. The number of nitrogens with one attached hydrogen (secondary N) is 1. The second kappa shape index (κ2) is 7.17. The van der Waals surface area contributed by atoms with E-state index >= 15 is 0 Å². The zero-order valence-corrected chi connectivity index (χ0v) is 13.3. The molecule has 0 atom stereocenters. The van der Waals surface area contributed by atoms with Crippen molar-refractivity contribution in [2.45, 2.75) is 26.3 Å². The molecule has 0 saturated carbocycles. The van der Waals surface area contributed by atoms with Crippen LogP contribution in [0.2, 0.25) is 0 Å². The third-order valence-electron chi connectivity index (χ3n) is 4.17. The highest BCUT2D eigenvalue weighted by molar-refractivity contribution is 5.93. The fourth-order valence-electron chi connectivity index (χ4n) is 2.61. The predicted octanol–water partition coefficient (Wildman–Crippen LogP) is 2.36. The molecule has 0 bridgehead atoms. The Bertz CT molecular complexity index is 636. The molecule has 6 nitrogen and oxygen atoms in total. The highest BCUT2D eigenvalue weighted by atomic mass is 16.2. The van der Waals surface area contributed by atoms with Gasteiger partial charge in [0.15, 0.2) is 0 Å². The summed E-state index contributed by atoms with van der Waals surface area (Å²) in [7, 11) is 0. The van der Waals surface area contributed by atoms with Crippen molar-refractivity contribution in [3.63, 3.8) is 0 Å².